The van der Waals surface area contributed by atoms with Gasteiger partial charge < -0.3 is 10.1 Å². The normalized spacial score (nSPS) is 10.3. The summed E-state index contributed by atoms with van der Waals surface area (Å²) < 4.78 is 0.768. The number of aromatic amines is 1. The van der Waals surface area contributed by atoms with E-state index in [1.807, 2.05) is 0 Å². The minimum Gasteiger partial charge on any atom is -0.477 e. The molecule has 6 heteroatoms. The van der Waals surface area contributed by atoms with Gasteiger partial charge in [-0.1, -0.05) is 27.5 Å². The van der Waals surface area contributed by atoms with Crippen molar-refractivity contribution in [2.45, 2.75) is 0 Å². The first-order chi connectivity index (χ1) is 8.49. The second-order valence-electron chi connectivity index (χ2n) is 3.56. The van der Waals surface area contributed by atoms with Crippen LogP contribution in [-0.2, 0) is 0 Å². The Morgan fingerprint density at radius 1 is 1.28 bits per heavy atom. The molecule has 0 spiro atoms. The Morgan fingerprint density at radius 2 is 2.00 bits per heavy atom. The van der Waals surface area contributed by atoms with E-state index in [0.29, 0.717) is 10.6 Å². The summed E-state index contributed by atoms with van der Waals surface area (Å²) in [6, 6.07) is 6.18. The van der Waals surface area contributed by atoms with Gasteiger partial charge in [0.1, 0.15) is 5.69 Å². The molecule has 2 N–H and O–H groups in total. The molecule has 0 aliphatic carbocycles. The molecule has 2 rings (SSSR count). The monoisotopic (exact) mass is 327 g/mol. The minimum atomic E-state index is -1.11. The van der Waals surface area contributed by atoms with Crippen molar-refractivity contribution in [3.8, 4) is 0 Å². The zero-order valence-electron chi connectivity index (χ0n) is 8.91. The standard InChI is InChI=1S/C12H7BrClNO3/c13-7-1-2-8(9(14)4-7)11(16)6-3-10(12(17)18)15-5-6/h1-5,15H,(H,17,18). The molecule has 18 heavy (non-hydrogen) atoms. The molecule has 0 atom stereocenters. The highest BCUT2D eigenvalue weighted by Crippen LogP contribution is 2.24. The number of H-pyrrole nitrogens is 1. The number of carboxylic acids is 1. The average molecular weight is 329 g/mol. The molecule has 0 amide bonds. The number of hydrogen-bond acceptors (Lipinski definition) is 2. The minimum absolute atomic E-state index is 0.0356. The predicted molar refractivity (Wildman–Crippen MR) is 70.3 cm³/mol. The summed E-state index contributed by atoms with van der Waals surface area (Å²) in [6.45, 7) is 0. The van der Waals surface area contributed by atoms with Gasteiger partial charge in [-0.2, -0.15) is 0 Å². The maximum Gasteiger partial charge on any atom is 0.352 e. The molecule has 0 bridgehead atoms. The molecule has 92 valence electrons. The molecular formula is C12H7BrClNO3. The maximum atomic E-state index is 12.1. The fourth-order valence-corrected chi connectivity index (χ4v) is 2.24. The Bertz CT molecular complexity index is 636. The van der Waals surface area contributed by atoms with Crippen LogP contribution in [0.2, 0.25) is 5.02 Å². The molecule has 0 aliphatic rings. The molecule has 0 saturated carbocycles. The van der Waals surface area contributed by atoms with Crippen molar-refractivity contribution in [2.24, 2.45) is 0 Å². The summed E-state index contributed by atoms with van der Waals surface area (Å²) in [6.07, 6.45) is 1.35. The largest absolute Gasteiger partial charge is 0.477 e. The zero-order chi connectivity index (χ0) is 13.3. The SMILES string of the molecule is O=C(O)c1cc(C(=O)c2ccc(Br)cc2Cl)c[nH]1. The van der Waals surface area contributed by atoms with Crippen molar-refractivity contribution >= 4 is 39.3 Å². The number of aromatic carboxylic acids is 1. The molecule has 0 unspecified atom stereocenters. The highest BCUT2D eigenvalue weighted by Gasteiger charge is 2.16. The van der Waals surface area contributed by atoms with Crippen molar-refractivity contribution in [1.82, 2.24) is 4.98 Å². The van der Waals surface area contributed by atoms with Crippen LogP contribution in [0.4, 0.5) is 0 Å². The fraction of sp³-hybridized carbons (Fsp3) is 0. The van der Waals surface area contributed by atoms with Gasteiger partial charge in [-0.15, -0.1) is 0 Å². The van der Waals surface area contributed by atoms with E-state index in [1.54, 1.807) is 18.2 Å². The van der Waals surface area contributed by atoms with Gasteiger partial charge in [-0.3, -0.25) is 4.79 Å². The van der Waals surface area contributed by atoms with Crippen LogP contribution in [0.3, 0.4) is 0 Å². The van der Waals surface area contributed by atoms with Crippen molar-refractivity contribution in [3.63, 3.8) is 0 Å². The second kappa shape index (κ2) is 4.96. The number of carbonyl (C=O) groups excluding carboxylic acids is 1. The van der Waals surface area contributed by atoms with E-state index in [0.717, 1.165) is 4.47 Å². The molecule has 1 aromatic carbocycles. The summed E-state index contributed by atoms with van der Waals surface area (Å²) in [4.78, 5) is 25.3. The number of halogens is 2. The summed E-state index contributed by atoms with van der Waals surface area (Å²) in [5, 5.41) is 9.08. The summed E-state index contributed by atoms with van der Waals surface area (Å²) in [5.41, 5.74) is 0.555. The van der Waals surface area contributed by atoms with E-state index in [4.69, 9.17) is 16.7 Å². The average Bonchev–Trinajstić information content (AvgIpc) is 2.77. The number of ketones is 1. The highest BCUT2D eigenvalue weighted by atomic mass is 79.9. The van der Waals surface area contributed by atoms with Crippen molar-refractivity contribution < 1.29 is 14.7 Å². The molecule has 2 aromatic rings. The Morgan fingerprint density at radius 3 is 2.56 bits per heavy atom. The van der Waals surface area contributed by atoms with Gasteiger partial charge >= 0.3 is 5.97 Å². The van der Waals surface area contributed by atoms with Crippen LogP contribution in [0.1, 0.15) is 26.4 Å². The van der Waals surface area contributed by atoms with Crippen molar-refractivity contribution in [3.05, 3.63) is 56.8 Å². The number of aromatic nitrogens is 1. The summed E-state index contributed by atoms with van der Waals surface area (Å²) in [5.74, 6) is -1.44. The quantitative estimate of drug-likeness (QED) is 0.849. The van der Waals surface area contributed by atoms with E-state index >= 15 is 0 Å². The first-order valence-corrected chi connectivity index (χ1v) is 6.07. The number of carbonyl (C=O) groups is 2. The first-order valence-electron chi connectivity index (χ1n) is 4.90. The maximum absolute atomic E-state index is 12.1. The van der Waals surface area contributed by atoms with Gasteiger partial charge in [0.05, 0.1) is 5.02 Å². The molecule has 0 saturated heterocycles. The smallest absolute Gasteiger partial charge is 0.352 e. The Labute approximate surface area is 116 Å². The number of benzene rings is 1. The molecule has 0 fully saturated rings. The second-order valence-corrected chi connectivity index (χ2v) is 4.88. The molecular weight excluding hydrogens is 321 g/mol. The Kier molecular flexibility index (Phi) is 3.54. The van der Waals surface area contributed by atoms with Crippen LogP contribution in [0.25, 0.3) is 0 Å². The van der Waals surface area contributed by atoms with Crippen LogP contribution in [0, 0.1) is 0 Å². The van der Waals surface area contributed by atoms with Gasteiger partial charge in [0.15, 0.2) is 5.78 Å². The lowest BCUT2D eigenvalue weighted by Crippen LogP contribution is -2.01. The first kappa shape index (κ1) is 12.9. The zero-order valence-corrected chi connectivity index (χ0v) is 11.2. The van der Waals surface area contributed by atoms with Gasteiger partial charge in [0, 0.05) is 21.8 Å². The summed E-state index contributed by atoms with van der Waals surface area (Å²) in [7, 11) is 0. The fourth-order valence-electron chi connectivity index (χ4n) is 1.48. The van der Waals surface area contributed by atoms with Gasteiger partial charge in [-0.05, 0) is 24.3 Å². The van der Waals surface area contributed by atoms with Crippen LogP contribution in [0.5, 0.6) is 0 Å². The lowest BCUT2D eigenvalue weighted by atomic mass is 10.1. The molecule has 4 nitrogen and oxygen atoms in total. The third-order valence-corrected chi connectivity index (χ3v) is 3.16. The van der Waals surface area contributed by atoms with Crippen LogP contribution in [-0.4, -0.2) is 21.8 Å². The van der Waals surface area contributed by atoms with Gasteiger partial charge in [-0.25, -0.2) is 4.79 Å². The third-order valence-electron chi connectivity index (χ3n) is 2.35. The van der Waals surface area contributed by atoms with E-state index in [-0.39, 0.29) is 17.0 Å². The number of carboxylic acid groups (broad SMARTS) is 1. The topological polar surface area (TPSA) is 70.2 Å². The third kappa shape index (κ3) is 2.47. The van der Waals surface area contributed by atoms with Gasteiger partial charge in [0.25, 0.3) is 0 Å². The summed E-state index contributed by atoms with van der Waals surface area (Å²) >= 11 is 9.21. The lowest BCUT2D eigenvalue weighted by Gasteiger charge is -2.01. The number of nitrogens with one attached hydrogen (secondary N) is 1. The van der Waals surface area contributed by atoms with E-state index in [9.17, 15) is 9.59 Å². The predicted octanol–water partition coefficient (Wildman–Crippen LogP) is 3.36. The number of hydrogen-bond donors (Lipinski definition) is 2. The van der Waals surface area contributed by atoms with Crippen LogP contribution < -0.4 is 0 Å². The highest BCUT2D eigenvalue weighted by molar-refractivity contribution is 9.10. The van der Waals surface area contributed by atoms with Crippen molar-refractivity contribution in [1.29, 1.82) is 0 Å². The van der Waals surface area contributed by atoms with Crippen molar-refractivity contribution in [2.75, 3.05) is 0 Å². The molecule has 0 radical (unpaired) electrons. The molecule has 1 aromatic heterocycles. The molecule has 0 aliphatic heterocycles. The van der Waals surface area contributed by atoms with Crippen LogP contribution in [0.15, 0.2) is 34.9 Å². The van der Waals surface area contributed by atoms with Gasteiger partial charge in [0.2, 0.25) is 0 Å². The number of rotatable bonds is 3. The van der Waals surface area contributed by atoms with E-state index in [1.165, 1.54) is 12.3 Å². The van der Waals surface area contributed by atoms with E-state index in [2.05, 4.69) is 20.9 Å². The molecule has 1 heterocycles. The van der Waals surface area contributed by atoms with Crippen LogP contribution >= 0.6 is 27.5 Å². The Hall–Kier alpha value is -1.59. The van der Waals surface area contributed by atoms with E-state index < -0.39 is 5.97 Å². The lowest BCUT2D eigenvalue weighted by molar-refractivity contribution is 0.0691. The Balaban J connectivity index is 2.38.